The second-order valence-electron chi connectivity index (χ2n) is 6.40. The van der Waals surface area contributed by atoms with Crippen LogP contribution in [0.3, 0.4) is 0 Å². The average Bonchev–Trinajstić information content (AvgIpc) is 2.63. The largest absolute Gasteiger partial charge is 0.490 e. The molecule has 1 amide bonds. The van der Waals surface area contributed by atoms with Crippen LogP contribution in [0.15, 0.2) is 41.3 Å². The van der Waals surface area contributed by atoms with Crippen molar-refractivity contribution >= 4 is 15.7 Å². The van der Waals surface area contributed by atoms with Crippen LogP contribution in [-0.4, -0.2) is 40.3 Å². The summed E-state index contributed by atoms with van der Waals surface area (Å²) < 4.78 is 34.6. The molecular formula is C21H27NO5S. The summed E-state index contributed by atoms with van der Waals surface area (Å²) in [5.41, 5.74) is 2.10. The molecule has 0 atom stereocenters. The van der Waals surface area contributed by atoms with Crippen LogP contribution >= 0.6 is 0 Å². The first kappa shape index (κ1) is 21.8. The molecule has 28 heavy (non-hydrogen) atoms. The first-order valence-electron chi connectivity index (χ1n) is 9.23. The SMILES string of the molecule is CCOc1ccc(CCNC(=O)c2cc(S(C)(=O)=O)ccc2C)cc1OCC. The Bertz CT molecular complexity index is 938. The summed E-state index contributed by atoms with van der Waals surface area (Å²) in [5, 5.41) is 2.85. The second-order valence-corrected chi connectivity index (χ2v) is 8.42. The van der Waals surface area contributed by atoms with Gasteiger partial charge in [-0.1, -0.05) is 12.1 Å². The van der Waals surface area contributed by atoms with Crippen molar-refractivity contribution in [3.05, 3.63) is 53.1 Å². The summed E-state index contributed by atoms with van der Waals surface area (Å²) in [4.78, 5) is 12.6. The number of sulfone groups is 1. The molecule has 152 valence electrons. The molecule has 2 rings (SSSR count). The van der Waals surface area contributed by atoms with Crippen LogP contribution in [0, 0.1) is 6.92 Å². The van der Waals surface area contributed by atoms with Gasteiger partial charge in [0.1, 0.15) is 0 Å². The quantitative estimate of drug-likeness (QED) is 0.693. The third kappa shape index (κ3) is 5.73. The van der Waals surface area contributed by atoms with Gasteiger partial charge in [0.25, 0.3) is 5.91 Å². The maximum absolute atomic E-state index is 12.5. The van der Waals surface area contributed by atoms with Gasteiger partial charge >= 0.3 is 0 Å². The van der Waals surface area contributed by atoms with Crippen LogP contribution in [0.4, 0.5) is 0 Å². The average molecular weight is 406 g/mol. The molecule has 0 radical (unpaired) electrons. The zero-order valence-electron chi connectivity index (χ0n) is 16.7. The summed E-state index contributed by atoms with van der Waals surface area (Å²) >= 11 is 0. The highest BCUT2D eigenvalue weighted by Gasteiger charge is 2.14. The maximum Gasteiger partial charge on any atom is 0.251 e. The molecule has 0 aliphatic heterocycles. The van der Waals surface area contributed by atoms with Gasteiger partial charge in [-0.15, -0.1) is 0 Å². The predicted octanol–water partition coefficient (Wildman–Crippen LogP) is 3.17. The zero-order valence-corrected chi connectivity index (χ0v) is 17.6. The number of ether oxygens (including phenoxy) is 2. The standard InChI is InChI=1S/C21H27NO5S/c1-5-26-19-10-8-16(13-20(19)27-6-2)11-12-22-21(23)18-14-17(28(4,24)25)9-7-15(18)3/h7-10,13-14H,5-6,11-12H2,1-4H3,(H,22,23). The van der Waals surface area contributed by atoms with E-state index in [9.17, 15) is 13.2 Å². The van der Waals surface area contributed by atoms with E-state index in [0.29, 0.717) is 43.2 Å². The lowest BCUT2D eigenvalue weighted by Crippen LogP contribution is -2.26. The number of hydrogen-bond acceptors (Lipinski definition) is 5. The molecule has 2 aromatic rings. The van der Waals surface area contributed by atoms with Crippen molar-refractivity contribution in [2.75, 3.05) is 26.0 Å². The van der Waals surface area contributed by atoms with Crippen LogP contribution in [-0.2, 0) is 16.3 Å². The lowest BCUT2D eigenvalue weighted by molar-refractivity contribution is 0.0953. The first-order chi connectivity index (χ1) is 13.3. The van der Waals surface area contributed by atoms with Crippen molar-refractivity contribution in [3.8, 4) is 11.5 Å². The Morgan fingerprint density at radius 2 is 1.68 bits per heavy atom. The van der Waals surface area contributed by atoms with Gasteiger partial charge in [-0.2, -0.15) is 0 Å². The Morgan fingerprint density at radius 3 is 2.32 bits per heavy atom. The molecule has 0 aliphatic carbocycles. The van der Waals surface area contributed by atoms with Crippen molar-refractivity contribution in [3.63, 3.8) is 0 Å². The van der Waals surface area contributed by atoms with E-state index in [-0.39, 0.29) is 10.8 Å². The highest BCUT2D eigenvalue weighted by Crippen LogP contribution is 2.28. The van der Waals surface area contributed by atoms with E-state index < -0.39 is 9.84 Å². The molecule has 1 N–H and O–H groups in total. The van der Waals surface area contributed by atoms with Gasteiger partial charge in [-0.05, 0) is 62.6 Å². The van der Waals surface area contributed by atoms with E-state index in [4.69, 9.17) is 9.47 Å². The molecule has 0 spiro atoms. The molecule has 2 aromatic carbocycles. The summed E-state index contributed by atoms with van der Waals surface area (Å²) in [6.07, 6.45) is 1.74. The van der Waals surface area contributed by atoms with Gasteiger partial charge in [0.15, 0.2) is 21.3 Å². The van der Waals surface area contributed by atoms with Crippen molar-refractivity contribution in [2.24, 2.45) is 0 Å². The number of carbonyl (C=O) groups excluding carboxylic acids is 1. The Kier molecular flexibility index (Phi) is 7.45. The molecule has 0 saturated carbocycles. The molecule has 0 saturated heterocycles. The summed E-state index contributed by atoms with van der Waals surface area (Å²) in [6, 6.07) is 10.3. The molecule has 0 aliphatic rings. The fraction of sp³-hybridized carbons (Fsp3) is 0.381. The molecular weight excluding hydrogens is 378 g/mol. The normalized spacial score (nSPS) is 11.1. The number of aryl methyl sites for hydroxylation is 1. The van der Waals surface area contributed by atoms with Crippen LogP contribution in [0.1, 0.15) is 35.3 Å². The minimum Gasteiger partial charge on any atom is -0.490 e. The predicted molar refractivity (Wildman–Crippen MR) is 109 cm³/mol. The molecule has 0 bridgehead atoms. The molecule has 0 fully saturated rings. The van der Waals surface area contributed by atoms with Crippen LogP contribution in [0.5, 0.6) is 11.5 Å². The highest BCUT2D eigenvalue weighted by atomic mass is 32.2. The van der Waals surface area contributed by atoms with E-state index in [1.807, 2.05) is 32.0 Å². The summed E-state index contributed by atoms with van der Waals surface area (Å²) in [6.45, 7) is 7.12. The maximum atomic E-state index is 12.5. The third-order valence-electron chi connectivity index (χ3n) is 4.19. The molecule has 6 nitrogen and oxygen atoms in total. The monoisotopic (exact) mass is 405 g/mol. The second kappa shape index (κ2) is 9.59. The fourth-order valence-corrected chi connectivity index (χ4v) is 3.39. The number of nitrogens with one attached hydrogen (secondary N) is 1. The smallest absolute Gasteiger partial charge is 0.251 e. The molecule has 0 heterocycles. The van der Waals surface area contributed by atoms with E-state index in [1.165, 1.54) is 12.1 Å². The van der Waals surface area contributed by atoms with Crippen LogP contribution in [0.25, 0.3) is 0 Å². The Labute approximate surface area is 166 Å². The van der Waals surface area contributed by atoms with Gasteiger partial charge in [0, 0.05) is 18.4 Å². The van der Waals surface area contributed by atoms with E-state index >= 15 is 0 Å². The van der Waals surface area contributed by atoms with Gasteiger partial charge in [-0.3, -0.25) is 4.79 Å². The first-order valence-corrected chi connectivity index (χ1v) is 11.1. The van der Waals surface area contributed by atoms with E-state index in [1.54, 1.807) is 13.0 Å². The van der Waals surface area contributed by atoms with Crippen molar-refractivity contribution in [2.45, 2.75) is 32.1 Å². The Hall–Kier alpha value is -2.54. The zero-order chi connectivity index (χ0) is 20.7. The number of carbonyl (C=O) groups is 1. The third-order valence-corrected chi connectivity index (χ3v) is 5.30. The molecule has 0 unspecified atom stereocenters. The van der Waals surface area contributed by atoms with Gasteiger partial charge < -0.3 is 14.8 Å². The minimum atomic E-state index is -3.36. The number of amides is 1. The van der Waals surface area contributed by atoms with Crippen molar-refractivity contribution in [1.82, 2.24) is 5.32 Å². The van der Waals surface area contributed by atoms with Gasteiger partial charge in [0.2, 0.25) is 0 Å². The minimum absolute atomic E-state index is 0.135. The number of hydrogen-bond donors (Lipinski definition) is 1. The van der Waals surface area contributed by atoms with Gasteiger partial charge in [-0.25, -0.2) is 8.42 Å². The number of benzene rings is 2. The molecule has 0 aromatic heterocycles. The topological polar surface area (TPSA) is 81.7 Å². The lowest BCUT2D eigenvalue weighted by atomic mass is 10.1. The van der Waals surface area contributed by atoms with E-state index in [2.05, 4.69) is 5.32 Å². The van der Waals surface area contributed by atoms with Crippen molar-refractivity contribution in [1.29, 1.82) is 0 Å². The van der Waals surface area contributed by atoms with Crippen LogP contribution < -0.4 is 14.8 Å². The van der Waals surface area contributed by atoms with Gasteiger partial charge in [0.05, 0.1) is 18.1 Å². The lowest BCUT2D eigenvalue weighted by Gasteiger charge is -2.13. The van der Waals surface area contributed by atoms with E-state index in [0.717, 1.165) is 17.4 Å². The molecule has 7 heteroatoms. The number of rotatable bonds is 9. The van der Waals surface area contributed by atoms with Crippen LogP contribution in [0.2, 0.25) is 0 Å². The Balaban J connectivity index is 2.05. The summed E-state index contributed by atoms with van der Waals surface area (Å²) in [5.74, 6) is 1.09. The highest BCUT2D eigenvalue weighted by molar-refractivity contribution is 7.90. The Morgan fingerprint density at radius 1 is 1.00 bits per heavy atom. The van der Waals surface area contributed by atoms with Crippen molar-refractivity contribution < 1.29 is 22.7 Å². The summed E-state index contributed by atoms with van der Waals surface area (Å²) in [7, 11) is -3.36. The fourth-order valence-electron chi connectivity index (χ4n) is 2.74.